The van der Waals surface area contributed by atoms with E-state index < -0.39 is 6.10 Å². The predicted octanol–water partition coefficient (Wildman–Crippen LogP) is 2.45. The molecule has 1 aromatic rings. The van der Waals surface area contributed by atoms with Gasteiger partial charge >= 0.3 is 5.97 Å². The van der Waals surface area contributed by atoms with Crippen LogP contribution in [0.25, 0.3) is 0 Å². The van der Waals surface area contributed by atoms with Gasteiger partial charge in [0.1, 0.15) is 11.9 Å². The molecule has 0 amide bonds. The molecular formula is C18H22O4. The van der Waals surface area contributed by atoms with Crippen molar-refractivity contribution in [2.75, 3.05) is 0 Å². The van der Waals surface area contributed by atoms with Crippen LogP contribution in [0.5, 0.6) is 0 Å². The standard InChI is InChI=1S/C18H22O4/c1-13(19)22-17(9-7-14-5-3-2-4-6-14)10-8-15-11-16(20)12-18(15)21/h2-6,8,10,15,17-18,21H,7,9,11-12H2,1H3/t15?,17-,18?/m0/s1. The Labute approximate surface area is 130 Å². The van der Waals surface area contributed by atoms with Crippen LogP contribution < -0.4 is 0 Å². The molecule has 1 fully saturated rings. The van der Waals surface area contributed by atoms with E-state index in [0.29, 0.717) is 12.8 Å². The number of aliphatic hydroxyl groups excluding tert-OH is 1. The highest BCUT2D eigenvalue weighted by atomic mass is 16.5. The molecule has 4 heteroatoms. The number of ketones is 1. The van der Waals surface area contributed by atoms with Gasteiger partial charge in [-0.25, -0.2) is 0 Å². The maximum absolute atomic E-state index is 11.3. The molecule has 2 unspecified atom stereocenters. The topological polar surface area (TPSA) is 63.6 Å². The highest BCUT2D eigenvalue weighted by Crippen LogP contribution is 2.24. The van der Waals surface area contributed by atoms with Gasteiger partial charge in [0.25, 0.3) is 0 Å². The average Bonchev–Trinajstić information content (AvgIpc) is 2.80. The first-order chi connectivity index (χ1) is 10.5. The summed E-state index contributed by atoms with van der Waals surface area (Å²) >= 11 is 0. The lowest BCUT2D eigenvalue weighted by Gasteiger charge is -2.15. The first-order valence-corrected chi connectivity index (χ1v) is 7.64. The molecule has 118 valence electrons. The fourth-order valence-electron chi connectivity index (χ4n) is 2.69. The summed E-state index contributed by atoms with van der Waals surface area (Å²) in [6.45, 7) is 1.39. The van der Waals surface area contributed by atoms with Gasteiger partial charge in [-0.15, -0.1) is 0 Å². The summed E-state index contributed by atoms with van der Waals surface area (Å²) < 4.78 is 5.30. The van der Waals surface area contributed by atoms with Gasteiger partial charge in [0, 0.05) is 25.7 Å². The van der Waals surface area contributed by atoms with Crippen LogP contribution in [0.15, 0.2) is 42.5 Å². The maximum atomic E-state index is 11.3. The van der Waals surface area contributed by atoms with Crippen LogP contribution in [0.2, 0.25) is 0 Å². The largest absolute Gasteiger partial charge is 0.458 e. The van der Waals surface area contributed by atoms with E-state index in [1.54, 1.807) is 6.08 Å². The minimum Gasteiger partial charge on any atom is -0.458 e. The van der Waals surface area contributed by atoms with Gasteiger partial charge in [-0.05, 0) is 24.5 Å². The average molecular weight is 302 g/mol. The number of aliphatic hydroxyl groups is 1. The summed E-state index contributed by atoms with van der Waals surface area (Å²) in [6.07, 6.45) is 4.73. The SMILES string of the molecule is CC(=O)O[C@H](C=CC1CC(=O)CC1O)CCc1ccccc1. The molecule has 1 aliphatic carbocycles. The van der Waals surface area contributed by atoms with E-state index in [-0.39, 0.29) is 30.2 Å². The summed E-state index contributed by atoms with van der Waals surface area (Å²) in [5, 5.41) is 9.78. The maximum Gasteiger partial charge on any atom is 0.303 e. The molecule has 0 bridgehead atoms. The number of rotatable bonds is 6. The normalized spacial score (nSPS) is 22.9. The number of carbonyl (C=O) groups is 2. The van der Waals surface area contributed by atoms with Crippen LogP contribution in [0, 0.1) is 5.92 Å². The number of Topliss-reactive ketones (excluding diaryl/α,β-unsaturated/α-hetero) is 1. The number of esters is 1. The van der Waals surface area contributed by atoms with Gasteiger partial charge in [0.05, 0.1) is 6.10 Å². The number of hydrogen-bond donors (Lipinski definition) is 1. The number of carbonyl (C=O) groups excluding carboxylic acids is 2. The number of ether oxygens (including phenoxy) is 1. The fraction of sp³-hybridized carbons (Fsp3) is 0.444. The van der Waals surface area contributed by atoms with Crippen LogP contribution in [0.3, 0.4) is 0 Å². The molecule has 4 nitrogen and oxygen atoms in total. The highest BCUT2D eigenvalue weighted by molar-refractivity contribution is 5.81. The Bertz CT molecular complexity index is 535. The molecule has 1 N–H and O–H groups in total. The molecule has 0 radical (unpaired) electrons. The van der Waals surface area contributed by atoms with Crippen LogP contribution in [0.4, 0.5) is 0 Å². The van der Waals surface area contributed by atoms with Gasteiger partial charge in [-0.3, -0.25) is 9.59 Å². The fourth-order valence-corrected chi connectivity index (χ4v) is 2.69. The molecule has 0 aromatic heterocycles. The molecule has 0 saturated heterocycles. The van der Waals surface area contributed by atoms with Crippen molar-refractivity contribution in [3.63, 3.8) is 0 Å². The Hall–Kier alpha value is -1.94. The van der Waals surface area contributed by atoms with Gasteiger partial charge in [0.15, 0.2) is 0 Å². The lowest BCUT2D eigenvalue weighted by atomic mass is 10.0. The van der Waals surface area contributed by atoms with Crippen LogP contribution >= 0.6 is 0 Å². The lowest BCUT2D eigenvalue weighted by molar-refractivity contribution is -0.144. The van der Waals surface area contributed by atoms with Crippen molar-refractivity contribution >= 4 is 11.8 Å². The van der Waals surface area contributed by atoms with E-state index in [4.69, 9.17) is 4.74 Å². The second kappa shape index (κ2) is 7.90. The van der Waals surface area contributed by atoms with Crippen molar-refractivity contribution in [1.82, 2.24) is 0 Å². The minimum absolute atomic E-state index is 0.0791. The Balaban J connectivity index is 1.94. The summed E-state index contributed by atoms with van der Waals surface area (Å²) in [6, 6.07) is 9.99. The van der Waals surface area contributed by atoms with Crippen molar-refractivity contribution in [2.45, 2.75) is 44.8 Å². The molecule has 22 heavy (non-hydrogen) atoms. The van der Waals surface area contributed by atoms with Crippen molar-refractivity contribution in [3.8, 4) is 0 Å². The summed E-state index contributed by atoms with van der Waals surface area (Å²) in [5.41, 5.74) is 1.18. The second-order valence-electron chi connectivity index (χ2n) is 5.74. The monoisotopic (exact) mass is 302 g/mol. The van der Waals surface area contributed by atoms with Crippen molar-refractivity contribution in [2.24, 2.45) is 5.92 Å². The predicted molar refractivity (Wildman–Crippen MR) is 83.2 cm³/mol. The molecule has 1 aliphatic rings. The summed E-state index contributed by atoms with van der Waals surface area (Å²) in [5.74, 6) is -0.413. The first kappa shape index (κ1) is 16.4. The first-order valence-electron chi connectivity index (χ1n) is 7.64. The van der Waals surface area contributed by atoms with E-state index in [0.717, 1.165) is 6.42 Å². The quantitative estimate of drug-likeness (QED) is 0.647. The molecule has 0 spiro atoms. The van der Waals surface area contributed by atoms with Crippen molar-refractivity contribution < 1.29 is 19.4 Å². The molecule has 0 heterocycles. The zero-order valence-electron chi connectivity index (χ0n) is 12.8. The van der Waals surface area contributed by atoms with Gasteiger partial charge in [-0.2, -0.15) is 0 Å². The summed E-state index contributed by atoms with van der Waals surface area (Å²) in [7, 11) is 0. The summed E-state index contributed by atoms with van der Waals surface area (Å²) in [4.78, 5) is 22.5. The van der Waals surface area contributed by atoms with Gasteiger partial charge in [-0.1, -0.05) is 36.4 Å². The Kier molecular flexibility index (Phi) is 5.90. The van der Waals surface area contributed by atoms with Gasteiger partial charge in [0.2, 0.25) is 0 Å². The number of aryl methyl sites for hydroxylation is 1. The zero-order chi connectivity index (χ0) is 15.9. The molecular weight excluding hydrogens is 280 g/mol. The second-order valence-corrected chi connectivity index (χ2v) is 5.74. The minimum atomic E-state index is -0.615. The molecule has 1 aromatic carbocycles. The third-order valence-corrected chi connectivity index (χ3v) is 3.85. The molecule has 3 atom stereocenters. The Morgan fingerprint density at radius 1 is 1.36 bits per heavy atom. The molecule has 1 saturated carbocycles. The van der Waals surface area contributed by atoms with Crippen molar-refractivity contribution in [1.29, 1.82) is 0 Å². The van der Waals surface area contributed by atoms with Crippen LogP contribution in [0.1, 0.15) is 31.7 Å². The van der Waals surface area contributed by atoms with Crippen LogP contribution in [-0.2, 0) is 20.7 Å². The third-order valence-electron chi connectivity index (χ3n) is 3.85. The van der Waals surface area contributed by atoms with Crippen LogP contribution in [-0.4, -0.2) is 29.1 Å². The number of hydrogen-bond acceptors (Lipinski definition) is 4. The Morgan fingerprint density at radius 2 is 2.09 bits per heavy atom. The van der Waals surface area contributed by atoms with E-state index in [9.17, 15) is 14.7 Å². The highest BCUT2D eigenvalue weighted by Gasteiger charge is 2.29. The van der Waals surface area contributed by atoms with Crippen molar-refractivity contribution in [3.05, 3.63) is 48.0 Å². The van der Waals surface area contributed by atoms with E-state index >= 15 is 0 Å². The lowest BCUT2D eigenvalue weighted by Crippen LogP contribution is -2.16. The Morgan fingerprint density at radius 3 is 2.68 bits per heavy atom. The smallest absolute Gasteiger partial charge is 0.303 e. The van der Waals surface area contributed by atoms with E-state index in [1.165, 1.54) is 12.5 Å². The third kappa shape index (κ3) is 5.11. The zero-order valence-corrected chi connectivity index (χ0v) is 12.8. The molecule has 2 rings (SSSR count). The number of benzene rings is 1. The van der Waals surface area contributed by atoms with E-state index in [1.807, 2.05) is 36.4 Å². The van der Waals surface area contributed by atoms with E-state index in [2.05, 4.69) is 0 Å². The van der Waals surface area contributed by atoms with Gasteiger partial charge < -0.3 is 9.84 Å². The molecule has 0 aliphatic heterocycles.